The molecule has 0 radical (unpaired) electrons. The first-order valence-electron chi connectivity index (χ1n) is 6.77. The van der Waals surface area contributed by atoms with E-state index >= 15 is 0 Å². The van der Waals surface area contributed by atoms with Crippen LogP contribution in [0.3, 0.4) is 0 Å². The van der Waals surface area contributed by atoms with Crippen molar-refractivity contribution in [2.75, 3.05) is 0 Å². The molecule has 2 rings (SSSR count). The first-order chi connectivity index (χ1) is 8.49. The fourth-order valence-electron chi connectivity index (χ4n) is 3.12. The van der Waals surface area contributed by atoms with Crippen LogP contribution in [0, 0.1) is 11.3 Å². The monoisotopic (exact) mass is 311 g/mol. The minimum Gasteiger partial charge on any atom is -0.392 e. The van der Waals surface area contributed by atoms with Crippen LogP contribution >= 0.6 is 15.9 Å². The maximum atomic E-state index is 10.5. The van der Waals surface area contributed by atoms with Gasteiger partial charge in [0.05, 0.1) is 6.10 Å². The van der Waals surface area contributed by atoms with Gasteiger partial charge in [-0.3, -0.25) is 4.98 Å². The molecule has 1 aromatic rings. The number of hydrogen-bond acceptors (Lipinski definition) is 2. The van der Waals surface area contributed by atoms with E-state index in [4.69, 9.17) is 0 Å². The van der Waals surface area contributed by atoms with Crippen molar-refractivity contribution in [1.82, 2.24) is 4.98 Å². The third-order valence-electron chi connectivity index (χ3n) is 4.26. The standard InChI is InChI=1S/C15H22BrNO/c1-15(2)8-4-3-5-13(15)14(18)9-12-7-6-11(16)10-17-12/h6-7,10,13-14,18H,3-5,8-9H2,1-2H3. The maximum Gasteiger partial charge on any atom is 0.0628 e. The number of pyridine rings is 1. The van der Waals surface area contributed by atoms with Gasteiger partial charge in [0.2, 0.25) is 0 Å². The molecule has 1 fully saturated rings. The van der Waals surface area contributed by atoms with E-state index in [0.717, 1.165) is 16.6 Å². The first-order valence-corrected chi connectivity index (χ1v) is 7.57. The predicted octanol–water partition coefficient (Wildman–Crippen LogP) is 3.96. The van der Waals surface area contributed by atoms with E-state index in [9.17, 15) is 5.11 Å². The number of aliphatic hydroxyl groups excluding tert-OH is 1. The van der Waals surface area contributed by atoms with Crippen molar-refractivity contribution in [3.8, 4) is 0 Å². The van der Waals surface area contributed by atoms with Gasteiger partial charge in [-0.15, -0.1) is 0 Å². The summed E-state index contributed by atoms with van der Waals surface area (Å²) in [5.41, 5.74) is 1.24. The van der Waals surface area contributed by atoms with Gasteiger partial charge >= 0.3 is 0 Å². The molecule has 18 heavy (non-hydrogen) atoms. The van der Waals surface area contributed by atoms with Crippen molar-refractivity contribution >= 4 is 15.9 Å². The second-order valence-corrected chi connectivity index (χ2v) is 7.00. The summed E-state index contributed by atoms with van der Waals surface area (Å²) in [6, 6.07) is 3.98. The van der Waals surface area contributed by atoms with Crippen LogP contribution in [0.2, 0.25) is 0 Å². The summed E-state index contributed by atoms with van der Waals surface area (Å²) in [5, 5.41) is 10.5. The van der Waals surface area contributed by atoms with Crippen LogP contribution in [0.1, 0.15) is 45.2 Å². The van der Waals surface area contributed by atoms with E-state index in [1.54, 1.807) is 6.20 Å². The number of rotatable bonds is 3. The van der Waals surface area contributed by atoms with Gasteiger partial charge in [-0.05, 0) is 52.2 Å². The van der Waals surface area contributed by atoms with Crippen molar-refractivity contribution in [2.45, 2.75) is 52.1 Å². The zero-order chi connectivity index (χ0) is 13.2. The summed E-state index contributed by atoms with van der Waals surface area (Å²) >= 11 is 3.38. The lowest BCUT2D eigenvalue weighted by Crippen LogP contribution is -2.38. The van der Waals surface area contributed by atoms with Gasteiger partial charge in [0.25, 0.3) is 0 Å². The van der Waals surface area contributed by atoms with Gasteiger partial charge in [0.1, 0.15) is 0 Å². The van der Waals surface area contributed by atoms with Gasteiger partial charge < -0.3 is 5.11 Å². The lowest BCUT2D eigenvalue weighted by atomic mass is 9.66. The molecule has 0 saturated heterocycles. The fraction of sp³-hybridized carbons (Fsp3) is 0.667. The number of hydrogen-bond donors (Lipinski definition) is 1. The van der Waals surface area contributed by atoms with Gasteiger partial charge in [0, 0.05) is 22.8 Å². The number of aromatic nitrogens is 1. The molecule has 2 unspecified atom stereocenters. The Morgan fingerprint density at radius 3 is 2.83 bits per heavy atom. The van der Waals surface area contributed by atoms with E-state index in [2.05, 4.69) is 34.8 Å². The lowest BCUT2D eigenvalue weighted by molar-refractivity contribution is 0.00531. The minimum absolute atomic E-state index is 0.257. The summed E-state index contributed by atoms with van der Waals surface area (Å²) in [5.74, 6) is 0.400. The molecule has 3 heteroatoms. The molecule has 1 aromatic heterocycles. The highest BCUT2D eigenvalue weighted by Crippen LogP contribution is 2.42. The SMILES string of the molecule is CC1(C)CCCCC1C(O)Cc1ccc(Br)cn1. The van der Waals surface area contributed by atoms with Crippen LogP contribution in [0.25, 0.3) is 0 Å². The minimum atomic E-state index is -0.269. The molecular weight excluding hydrogens is 290 g/mol. The lowest BCUT2D eigenvalue weighted by Gasteiger charge is -2.41. The normalized spacial score (nSPS) is 24.8. The molecule has 0 aliphatic heterocycles. The van der Waals surface area contributed by atoms with Crippen LogP contribution in [0.4, 0.5) is 0 Å². The van der Waals surface area contributed by atoms with E-state index in [1.807, 2.05) is 12.1 Å². The third kappa shape index (κ3) is 3.33. The van der Waals surface area contributed by atoms with E-state index in [-0.39, 0.29) is 11.5 Å². The topological polar surface area (TPSA) is 33.1 Å². The van der Waals surface area contributed by atoms with Gasteiger partial charge in [-0.2, -0.15) is 0 Å². The Morgan fingerprint density at radius 2 is 2.22 bits per heavy atom. The van der Waals surface area contributed by atoms with Crippen molar-refractivity contribution in [3.05, 3.63) is 28.5 Å². The van der Waals surface area contributed by atoms with Crippen LogP contribution in [-0.2, 0) is 6.42 Å². The van der Waals surface area contributed by atoms with Gasteiger partial charge in [-0.1, -0.05) is 26.7 Å². The van der Waals surface area contributed by atoms with Crippen LogP contribution in [-0.4, -0.2) is 16.2 Å². The highest BCUT2D eigenvalue weighted by molar-refractivity contribution is 9.10. The smallest absolute Gasteiger partial charge is 0.0628 e. The highest BCUT2D eigenvalue weighted by Gasteiger charge is 2.36. The average molecular weight is 312 g/mol. The summed E-state index contributed by atoms with van der Waals surface area (Å²) in [4.78, 5) is 4.35. The van der Waals surface area contributed by atoms with Crippen LogP contribution in [0.15, 0.2) is 22.8 Å². The zero-order valence-corrected chi connectivity index (χ0v) is 12.8. The summed E-state index contributed by atoms with van der Waals surface area (Å²) in [7, 11) is 0. The molecule has 0 aromatic carbocycles. The first kappa shape index (κ1) is 14.0. The van der Waals surface area contributed by atoms with Crippen molar-refractivity contribution in [1.29, 1.82) is 0 Å². The Hall–Kier alpha value is -0.410. The zero-order valence-electron chi connectivity index (χ0n) is 11.2. The van der Waals surface area contributed by atoms with Gasteiger partial charge in [-0.25, -0.2) is 0 Å². The van der Waals surface area contributed by atoms with Crippen molar-refractivity contribution in [3.63, 3.8) is 0 Å². The Bertz CT molecular complexity index is 388. The van der Waals surface area contributed by atoms with Crippen LogP contribution < -0.4 is 0 Å². The van der Waals surface area contributed by atoms with Crippen molar-refractivity contribution in [2.24, 2.45) is 11.3 Å². The number of nitrogens with zero attached hydrogens (tertiary/aromatic N) is 1. The average Bonchev–Trinajstić information content (AvgIpc) is 2.31. The second-order valence-electron chi connectivity index (χ2n) is 6.08. The summed E-state index contributed by atoms with van der Waals surface area (Å²) < 4.78 is 0.985. The Balaban J connectivity index is 2.02. The molecule has 1 N–H and O–H groups in total. The Kier molecular flexibility index (Phi) is 4.44. The summed E-state index contributed by atoms with van der Waals surface area (Å²) in [6.45, 7) is 4.57. The second kappa shape index (κ2) is 5.70. The number of aliphatic hydroxyl groups is 1. The fourth-order valence-corrected chi connectivity index (χ4v) is 3.35. The van der Waals surface area contributed by atoms with E-state index in [0.29, 0.717) is 12.3 Å². The number of halogens is 1. The molecule has 2 atom stereocenters. The molecule has 0 amide bonds. The van der Waals surface area contributed by atoms with Gasteiger partial charge in [0.15, 0.2) is 0 Å². The highest BCUT2D eigenvalue weighted by atomic mass is 79.9. The summed E-state index contributed by atoms with van der Waals surface area (Å²) in [6.07, 6.45) is 7.11. The quantitative estimate of drug-likeness (QED) is 0.916. The van der Waals surface area contributed by atoms with Crippen LogP contribution in [0.5, 0.6) is 0 Å². The maximum absolute atomic E-state index is 10.5. The van der Waals surface area contributed by atoms with E-state index < -0.39 is 0 Å². The molecule has 0 spiro atoms. The largest absolute Gasteiger partial charge is 0.392 e. The van der Waals surface area contributed by atoms with Crippen molar-refractivity contribution < 1.29 is 5.11 Å². The molecular formula is C15H22BrNO. The molecule has 2 nitrogen and oxygen atoms in total. The molecule has 100 valence electrons. The third-order valence-corrected chi connectivity index (χ3v) is 4.73. The Labute approximate surface area is 118 Å². The van der Waals surface area contributed by atoms with E-state index in [1.165, 1.54) is 19.3 Å². The predicted molar refractivity (Wildman–Crippen MR) is 77.4 cm³/mol. The molecule has 0 bridgehead atoms. The molecule has 1 aliphatic carbocycles. The molecule has 1 aliphatic rings. The Morgan fingerprint density at radius 1 is 1.44 bits per heavy atom. The molecule has 1 saturated carbocycles. The molecule has 1 heterocycles.